The number of hydrogen-bond donors (Lipinski definition) is 1. The van der Waals surface area contributed by atoms with Gasteiger partial charge in [0.25, 0.3) is 0 Å². The Balaban J connectivity index is 1.61. The fraction of sp³-hybridized carbons (Fsp3) is 0.0909. The molecule has 0 spiro atoms. The second-order valence-corrected chi connectivity index (χ2v) is 7.79. The molecule has 0 radical (unpaired) electrons. The molecular weight excluding hydrogens is 390 g/mol. The second kappa shape index (κ2) is 8.42. The predicted molar refractivity (Wildman–Crippen MR) is 114 cm³/mol. The summed E-state index contributed by atoms with van der Waals surface area (Å²) in [4.78, 5) is 13.7. The third-order valence-corrected chi connectivity index (χ3v) is 5.45. The molecule has 0 fully saturated rings. The van der Waals surface area contributed by atoms with Gasteiger partial charge >= 0.3 is 0 Å². The molecule has 0 bridgehead atoms. The summed E-state index contributed by atoms with van der Waals surface area (Å²) in [6.07, 6.45) is 2.18. The lowest BCUT2D eigenvalue weighted by molar-refractivity contribution is -0.120. The Morgan fingerprint density at radius 2 is 1.82 bits per heavy atom. The summed E-state index contributed by atoms with van der Waals surface area (Å²) < 4.78 is 1.81. The molecule has 0 aliphatic heterocycles. The van der Waals surface area contributed by atoms with Crippen LogP contribution in [0.4, 0.5) is 0 Å². The van der Waals surface area contributed by atoms with Crippen LogP contribution in [0.5, 0.6) is 0 Å². The van der Waals surface area contributed by atoms with Gasteiger partial charge in [-0.15, -0.1) is 11.3 Å². The summed E-state index contributed by atoms with van der Waals surface area (Å²) >= 11 is 7.66. The molecule has 4 aromatic rings. The van der Waals surface area contributed by atoms with E-state index in [4.69, 9.17) is 16.7 Å². The molecule has 0 aliphatic carbocycles. The van der Waals surface area contributed by atoms with E-state index in [0.29, 0.717) is 11.6 Å². The van der Waals surface area contributed by atoms with Gasteiger partial charge in [-0.05, 0) is 35.7 Å². The van der Waals surface area contributed by atoms with Gasteiger partial charge in [0.1, 0.15) is 0 Å². The van der Waals surface area contributed by atoms with E-state index >= 15 is 0 Å². The highest BCUT2D eigenvalue weighted by Crippen LogP contribution is 2.25. The SMILES string of the molecule is O=C(Cc1cn(-c2ccccc2)nc1-c1ccc(Cl)cc1)NCc1cccs1. The highest BCUT2D eigenvalue weighted by atomic mass is 35.5. The number of amides is 1. The van der Waals surface area contributed by atoms with Crippen molar-refractivity contribution < 1.29 is 4.79 Å². The lowest BCUT2D eigenvalue weighted by Gasteiger charge is -2.04. The molecule has 6 heteroatoms. The summed E-state index contributed by atoms with van der Waals surface area (Å²) in [5.74, 6) is -0.0313. The van der Waals surface area contributed by atoms with Crippen LogP contribution in [-0.4, -0.2) is 15.7 Å². The number of halogens is 1. The summed E-state index contributed by atoms with van der Waals surface area (Å²) in [7, 11) is 0. The van der Waals surface area contributed by atoms with Gasteiger partial charge in [-0.25, -0.2) is 4.68 Å². The van der Waals surface area contributed by atoms with Gasteiger partial charge in [-0.1, -0.05) is 48.0 Å². The Kier molecular flexibility index (Phi) is 5.55. The van der Waals surface area contributed by atoms with Crippen molar-refractivity contribution in [3.05, 3.63) is 93.8 Å². The van der Waals surface area contributed by atoms with E-state index in [1.54, 1.807) is 11.3 Å². The quantitative estimate of drug-likeness (QED) is 0.482. The maximum atomic E-state index is 12.5. The molecule has 1 amide bonds. The summed E-state index contributed by atoms with van der Waals surface area (Å²) in [6.45, 7) is 0.541. The van der Waals surface area contributed by atoms with Crippen molar-refractivity contribution >= 4 is 28.8 Å². The molecule has 0 saturated heterocycles. The van der Waals surface area contributed by atoms with E-state index in [2.05, 4.69) is 5.32 Å². The molecule has 2 aromatic carbocycles. The summed E-state index contributed by atoms with van der Waals surface area (Å²) in [6, 6.07) is 21.4. The fourth-order valence-electron chi connectivity index (χ4n) is 2.94. The average molecular weight is 408 g/mol. The number of nitrogens with one attached hydrogen (secondary N) is 1. The largest absolute Gasteiger partial charge is 0.351 e. The van der Waals surface area contributed by atoms with Crippen molar-refractivity contribution in [2.45, 2.75) is 13.0 Å². The van der Waals surface area contributed by atoms with Crippen molar-refractivity contribution in [1.82, 2.24) is 15.1 Å². The zero-order valence-corrected chi connectivity index (χ0v) is 16.6. The lowest BCUT2D eigenvalue weighted by atomic mass is 10.1. The summed E-state index contributed by atoms with van der Waals surface area (Å²) in [5, 5.41) is 10.4. The Morgan fingerprint density at radius 3 is 2.54 bits per heavy atom. The van der Waals surface area contributed by atoms with Crippen LogP contribution in [0, 0.1) is 0 Å². The van der Waals surface area contributed by atoms with Crippen LogP contribution in [0.3, 0.4) is 0 Å². The monoisotopic (exact) mass is 407 g/mol. The normalized spacial score (nSPS) is 10.8. The van der Waals surface area contributed by atoms with Crippen LogP contribution < -0.4 is 5.32 Å². The number of benzene rings is 2. The van der Waals surface area contributed by atoms with Crippen LogP contribution in [0.25, 0.3) is 16.9 Å². The number of rotatable bonds is 6. The van der Waals surface area contributed by atoms with Crippen LogP contribution in [0.1, 0.15) is 10.4 Å². The minimum absolute atomic E-state index is 0.0313. The topological polar surface area (TPSA) is 46.9 Å². The number of carbonyl (C=O) groups is 1. The molecule has 0 unspecified atom stereocenters. The minimum atomic E-state index is -0.0313. The Bertz CT molecular complexity index is 1060. The van der Waals surface area contributed by atoms with Gasteiger partial charge in [0, 0.05) is 27.2 Å². The molecule has 140 valence electrons. The highest BCUT2D eigenvalue weighted by Gasteiger charge is 2.15. The Labute approximate surface area is 172 Å². The van der Waals surface area contributed by atoms with Crippen LogP contribution in [0.15, 0.2) is 78.3 Å². The Hall–Kier alpha value is -2.89. The molecule has 2 aromatic heterocycles. The number of para-hydroxylation sites is 1. The van der Waals surface area contributed by atoms with Crippen LogP contribution >= 0.6 is 22.9 Å². The molecule has 0 aliphatic rings. The van der Waals surface area contributed by atoms with Crippen molar-refractivity contribution in [3.63, 3.8) is 0 Å². The minimum Gasteiger partial charge on any atom is -0.351 e. The first-order chi connectivity index (χ1) is 13.7. The van der Waals surface area contributed by atoms with Crippen molar-refractivity contribution in [2.24, 2.45) is 0 Å². The number of hydrogen-bond acceptors (Lipinski definition) is 3. The number of nitrogens with zero attached hydrogens (tertiary/aromatic N) is 2. The van der Waals surface area contributed by atoms with Gasteiger partial charge < -0.3 is 5.32 Å². The van der Waals surface area contributed by atoms with E-state index in [9.17, 15) is 4.79 Å². The molecular formula is C22H18ClN3OS. The lowest BCUT2D eigenvalue weighted by Crippen LogP contribution is -2.24. The maximum Gasteiger partial charge on any atom is 0.224 e. The second-order valence-electron chi connectivity index (χ2n) is 6.32. The van der Waals surface area contributed by atoms with E-state index in [1.165, 1.54) is 0 Å². The van der Waals surface area contributed by atoms with Crippen molar-refractivity contribution in [2.75, 3.05) is 0 Å². The molecule has 4 rings (SSSR count). The first kappa shape index (κ1) is 18.5. The zero-order valence-electron chi connectivity index (χ0n) is 15.0. The maximum absolute atomic E-state index is 12.5. The van der Waals surface area contributed by atoms with Gasteiger partial charge in [0.05, 0.1) is 24.3 Å². The molecule has 0 saturated carbocycles. The van der Waals surface area contributed by atoms with E-state index in [-0.39, 0.29) is 12.3 Å². The molecule has 4 nitrogen and oxygen atoms in total. The number of aromatic nitrogens is 2. The van der Waals surface area contributed by atoms with Crippen LogP contribution in [0.2, 0.25) is 5.02 Å². The third kappa shape index (κ3) is 4.32. The predicted octanol–water partition coefficient (Wildman–Crippen LogP) is 5.11. The highest BCUT2D eigenvalue weighted by molar-refractivity contribution is 7.09. The molecule has 2 heterocycles. The molecule has 1 N–H and O–H groups in total. The zero-order chi connectivity index (χ0) is 19.3. The summed E-state index contributed by atoms with van der Waals surface area (Å²) in [5.41, 5.74) is 3.53. The van der Waals surface area contributed by atoms with E-state index in [1.807, 2.05) is 83.0 Å². The first-order valence-corrected chi connectivity index (χ1v) is 10.1. The molecule has 0 atom stereocenters. The van der Waals surface area contributed by atoms with E-state index < -0.39 is 0 Å². The number of carbonyl (C=O) groups excluding carboxylic acids is 1. The van der Waals surface area contributed by atoms with Gasteiger partial charge in [0.15, 0.2) is 0 Å². The van der Waals surface area contributed by atoms with Gasteiger partial charge in [0.2, 0.25) is 5.91 Å². The van der Waals surface area contributed by atoms with E-state index in [0.717, 1.165) is 27.4 Å². The average Bonchev–Trinajstić information content (AvgIpc) is 3.38. The van der Waals surface area contributed by atoms with Gasteiger partial charge in [-0.3, -0.25) is 4.79 Å². The first-order valence-electron chi connectivity index (χ1n) is 8.88. The third-order valence-electron chi connectivity index (χ3n) is 4.32. The molecule has 28 heavy (non-hydrogen) atoms. The smallest absolute Gasteiger partial charge is 0.224 e. The van der Waals surface area contributed by atoms with Crippen molar-refractivity contribution in [1.29, 1.82) is 0 Å². The van der Waals surface area contributed by atoms with Crippen LogP contribution in [-0.2, 0) is 17.8 Å². The standard InChI is InChI=1S/C22H18ClN3OS/c23-18-10-8-16(9-11-18)22-17(13-21(27)24-14-20-7-4-12-28-20)15-26(25-22)19-5-2-1-3-6-19/h1-12,15H,13-14H2,(H,24,27). The van der Waals surface area contributed by atoms with Crippen molar-refractivity contribution in [3.8, 4) is 16.9 Å². The fourth-order valence-corrected chi connectivity index (χ4v) is 3.71. The Morgan fingerprint density at radius 1 is 1.04 bits per heavy atom. The number of thiophene rings is 1. The van der Waals surface area contributed by atoms with Gasteiger partial charge in [-0.2, -0.15) is 5.10 Å².